The topological polar surface area (TPSA) is 86.8 Å². The highest BCUT2D eigenvalue weighted by Gasteiger charge is 2.32. The van der Waals surface area contributed by atoms with Crippen molar-refractivity contribution < 1.29 is 18.0 Å². The first-order valence-electron chi connectivity index (χ1n) is 12.5. The van der Waals surface area contributed by atoms with Gasteiger partial charge in [0.15, 0.2) is 0 Å². The van der Waals surface area contributed by atoms with Gasteiger partial charge in [-0.25, -0.2) is 8.42 Å². The van der Waals surface area contributed by atoms with E-state index in [-0.39, 0.29) is 23.4 Å². The third kappa shape index (κ3) is 7.05. The third-order valence-electron chi connectivity index (χ3n) is 6.51. The van der Waals surface area contributed by atoms with E-state index in [1.54, 1.807) is 30.3 Å². The highest BCUT2D eigenvalue weighted by atomic mass is 35.5. The van der Waals surface area contributed by atoms with Gasteiger partial charge in [0.2, 0.25) is 21.8 Å². The zero-order valence-electron chi connectivity index (χ0n) is 21.9. The molecule has 0 radical (unpaired) electrons. The summed E-state index contributed by atoms with van der Waals surface area (Å²) < 4.78 is 27.8. The van der Waals surface area contributed by atoms with Crippen LogP contribution in [0.4, 0.5) is 0 Å². The fraction of sp³-hybridized carbons (Fsp3) is 0.357. The zero-order chi connectivity index (χ0) is 28.0. The molecule has 0 fully saturated rings. The fourth-order valence-corrected chi connectivity index (χ4v) is 5.55. The number of carbonyl (C=O) groups is 2. The number of rotatable bonds is 11. The van der Waals surface area contributed by atoms with Crippen molar-refractivity contribution in [2.24, 2.45) is 0 Å². The zero-order valence-corrected chi connectivity index (χ0v) is 24.3. The minimum atomic E-state index is -3.97. The monoisotopic (exact) mass is 577 g/mol. The number of halogens is 2. The summed E-state index contributed by atoms with van der Waals surface area (Å²) in [5.74, 6) is -0.801. The Morgan fingerprint density at radius 2 is 1.61 bits per heavy atom. The first kappa shape index (κ1) is 29.9. The molecule has 204 valence electrons. The number of sulfonamides is 1. The van der Waals surface area contributed by atoms with E-state index in [0.29, 0.717) is 22.0 Å². The first-order chi connectivity index (χ1) is 18.0. The van der Waals surface area contributed by atoms with Gasteiger partial charge < -0.3 is 10.2 Å². The number of fused-ring (bicyclic) bond motifs is 1. The first-order valence-corrected chi connectivity index (χ1v) is 14.7. The minimum absolute atomic E-state index is 0.0615. The second-order valence-electron chi connectivity index (χ2n) is 9.28. The predicted octanol–water partition coefficient (Wildman–Crippen LogP) is 5.49. The average Bonchev–Trinajstić information content (AvgIpc) is 2.89. The molecule has 0 aromatic heterocycles. The van der Waals surface area contributed by atoms with E-state index in [2.05, 4.69) is 5.32 Å². The molecule has 0 saturated carbocycles. The van der Waals surface area contributed by atoms with Gasteiger partial charge in [-0.05, 0) is 60.4 Å². The minimum Gasteiger partial charge on any atom is -0.352 e. The maximum Gasteiger partial charge on any atom is 0.243 e. The van der Waals surface area contributed by atoms with Crippen molar-refractivity contribution in [1.82, 2.24) is 14.5 Å². The van der Waals surface area contributed by atoms with E-state index in [9.17, 15) is 18.0 Å². The molecule has 38 heavy (non-hydrogen) atoms. The largest absolute Gasteiger partial charge is 0.352 e. The van der Waals surface area contributed by atoms with Gasteiger partial charge in [0, 0.05) is 19.6 Å². The lowest BCUT2D eigenvalue weighted by Gasteiger charge is -2.32. The molecule has 0 heterocycles. The number of nitrogens with one attached hydrogen (secondary N) is 1. The van der Waals surface area contributed by atoms with E-state index in [1.165, 1.54) is 18.0 Å². The molecule has 0 unspecified atom stereocenters. The lowest BCUT2D eigenvalue weighted by molar-refractivity contribution is -0.141. The Kier molecular flexibility index (Phi) is 10.2. The van der Waals surface area contributed by atoms with Crippen molar-refractivity contribution in [3.8, 4) is 0 Å². The van der Waals surface area contributed by atoms with Gasteiger partial charge in [-0.2, -0.15) is 4.31 Å². The maximum atomic E-state index is 13.6. The maximum absolute atomic E-state index is 13.6. The van der Waals surface area contributed by atoms with Crippen LogP contribution in [0.2, 0.25) is 10.0 Å². The summed E-state index contributed by atoms with van der Waals surface area (Å²) in [4.78, 5) is 28.3. The molecule has 0 bridgehead atoms. The highest BCUT2D eigenvalue weighted by molar-refractivity contribution is 7.89. The van der Waals surface area contributed by atoms with Crippen LogP contribution in [0.25, 0.3) is 10.8 Å². The van der Waals surface area contributed by atoms with Crippen molar-refractivity contribution in [2.75, 3.05) is 13.6 Å². The van der Waals surface area contributed by atoms with E-state index in [0.717, 1.165) is 21.5 Å². The van der Waals surface area contributed by atoms with Crippen LogP contribution in [-0.4, -0.2) is 55.1 Å². The fourth-order valence-electron chi connectivity index (χ4n) is 4.07. The van der Waals surface area contributed by atoms with Crippen LogP contribution < -0.4 is 5.32 Å². The summed E-state index contributed by atoms with van der Waals surface area (Å²) in [5.41, 5.74) is 0.669. The van der Waals surface area contributed by atoms with Crippen LogP contribution in [-0.2, 0) is 26.2 Å². The van der Waals surface area contributed by atoms with Crippen LogP contribution >= 0.6 is 23.2 Å². The number of carbonyl (C=O) groups excluding carboxylic acids is 2. The van der Waals surface area contributed by atoms with E-state index < -0.39 is 28.5 Å². The van der Waals surface area contributed by atoms with Crippen LogP contribution in [0.5, 0.6) is 0 Å². The van der Waals surface area contributed by atoms with Gasteiger partial charge in [0.1, 0.15) is 6.04 Å². The predicted molar refractivity (Wildman–Crippen MR) is 153 cm³/mol. The molecule has 3 aromatic rings. The molecule has 3 aromatic carbocycles. The summed E-state index contributed by atoms with van der Waals surface area (Å²) >= 11 is 12.2. The highest BCUT2D eigenvalue weighted by Crippen LogP contribution is 2.25. The molecule has 0 spiro atoms. The number of amides is 2. The van der Waals surface area contributed by atoms with Crippen LogP contribution in [0, 0.1) is 0 Å². The molecule has 0 aliphatic rings. The van der Waals surface area contributed by atoms with Crippen LogP contribution in [0.15, 0.2) is 65.6 Å². The Bertz CT molecular complexity index is 1410. The summed E-state index contributed by atoms with van der Waals surface area (Å²) in [6, 6.07) is 16.4. The van der Waals surface area contributed by atoms with Crippen molar-refractivity contribution >= 4 is 55.8 Å². The molecule has 1 N–H and O–H groups in total. The molecule has 2 atom stereocenters. The van der Waals surface area contributed by atoms with E-state index in [1.807, 2.05) is 45.0 Å². The summed E-state index contributed by atoms with van der Waals surface area (Å²) in [6.07, 6.45) is 1.08. The Hall–Kier alpha value is -2.65. The van der Waals surface area contributed by atoms with Gasteiger partial charge in [0.25, 0.3) is 0 Å². The molecule has 0 aliphatic carbocycles. The average molecular weight is 579 g/mol. The number of likely N-dealkylation sites (N-methyl/N-ethyl adjacent to an activating group) is 1. The molecular formula is C28H33Cl2N3O4S. The summed E-state index contributed by atoms with van der Waals surface area (Å²) in [6.45, 7) is 5.28. The molecule has 3 rings (SSSR count). The normalized spacial score (nSPS) is 13.3. The Morgan fingerprint density at radius 1 is 0.921 bits per heavy atom. The number of benzene rings is 3. The third-order valence-corrected chi connectivity index (χ3v) is 9.05. The van der Waals surface area contributed by atoms with Crippen LogP contribution in [0.1, 0.15) is 39.2 Å². The Labute approximate surface area is 234 Å². The lowest BCUT2D eigenvalue weighted by atomic mass is 10.1. The van der Waals surface area contributed by atoms with Crippen molar-refractivity contribution in [2.45, 2.75) is 57.1 Å². The van der Waals surface area contributed by atoms with E-state index in [4.69, 9.17) is 23.2 Å². The van der Waals surface area contributed by atoms with Gasteiger partial charge in [-0.15, -0.1) is 0 Å². The number of hydrogen-bond acceptors (Lipinski definition) is 4. The summed E-state index contributed by atoms with van der Waals surface area (Å²) in [7, 11) is -2.61. The quantitative estimate of drug-likeness (QED) is 0.326. The second kappa shape index (κ2) is 12.9. The molecule has 10 heteroatoms. The number of hydrogen-bond donors (Lipinski definition) is 1. The standard InChI is InChI=1S/C28H33Cl2N3O4S/c1-5-19(3)31-28(35)26(6-2)33(17-20-11-14-24(29)25(30)15-20)27(34)18-32(4)38(36,37)23-13-12-21-9-7-8-10-22(21)16-23/h7-16,19,26H,5-6,17-18H2,1-4H3,(H,31,35)/t19-,26+/m0/s1. The smallest absolute Gasteiger partial charge is 0.243 e. The van der Waals surface area contributed by atoms with Crippen molar-refractivity contribution in [3.63, 3.8) is 0 Å². The number of nitrogens with zero attached hydrogens (tertiary/aromatic N) is 2. The SMILES string of the molecule is CC[C@H](C(=O)N[C@@H](C)CC)N(Cc1ccc(Cl)c(Cl)c1)C(=O)CN(C)S(=O)(=O)c1ccc2ccccc2c1. The second-order valence-corrected chi connectivity index (χ2v) is 12.1. The molecule has 0 saturated heterocycles. The van der Waals surface area contributed by atoms with Gasteiger partial charge in [-0.1, -0.05) is 73.4 Å². The molecule has 0 aliphatic heterocycles. The summed E-state index contributed by atoms with van der Waals surface area (Å²) in [5, 5.41) is 5.32. The van der Waals surface area contributed by atoms with Crippen molar-refractivity contribution in [1.29, 1.82) is 0 Å². The lowest BCUT2D eigenvalue weighted by Crippen LogP contribution is -2.53. The van der Waals surface area contributed by atoms with Gasteiger partial charge >= 0.3 is 0 Å². The van der Waals surface area contributed by atoms with Gasteiger partial charge in [0.05, 0.1) is 21.5 Å². The molecule has 7 nitrogen and oxygen atoms in total. The molecule has 2 amide bonds. The van der Waals surface area contributed by atoms with Crippen LogP contribution in [0.3, 0.4) is 0 Å². The Balaban J connectivity index is 1.90. The Morgan fingerprint density at radius 3 is 2.24 bits per heavy atom. The van der Waals surface area contributed by atoms with Crippen molar-refractivity contribution in [3.05, 3.63) is 76.3 Å². The van der Waals surface area contributed by atoms with Gasteiger partial charge in [-0.3, -0.25) is 9.59 Å². The molecular weight excluding hydrogens is 545 g/mol. The van der Waals surface area contributed by atoms with E-state index >= 15 is 0 Å².